The molecule has 3 atom stereocenters. The van der Waals surface area contributed by atoms with Crippen molar-refractivity contribution in [3.05, 3.63) is 47.5 Å². The van der Waals surface area contributed by atoms with Crippen LogP contribution >= 0.6 is 0 Å². The van der Waals surface area contributed by atoms with Crippen LogP contribution in [0.5, 0.6) is 23.0 Å². The van der Waals surface area contributed by atoms with Crippen molar-refractivity contribution in [3.63, 3.8) is 0 Å². The summed E-state index contributed by atoms with van der Waals surface area (Å²) in [6.45, 7) is 4.22. The molecule has 0 aliphatic heterocycles. The van der Waals surface area contributed by atoms with Gasteiger partial charge in [-0.05, 0) is 67.0 Å². The normalized spacial score (nSPS) is 14.1. The molecule has 190 valence electrons. The van der Waals surface area contributed by atoms with Gasteiger partial charge in [-0.15, -0.1) is 0 Å². The minimum Gasteiger partial charge on any atom is -0.493 e. The van der Waals surface area contributed by atoms with E-state index in [0.29, 0.717) is 35.8 Å². The first-order valence-electron chi connectivity index (χ1n) is 12.0. The largest absolute Gasteiger partial charge is 0.493 e. The molecule has 1 amide bonds. The zero-order chi connectivity index (χ0) is 25.8. The van der Waals surface area contributed by atoms with Crippen LogP contribution < -0.4 is 24.3 Å². The number of nitrogens with zero attached hydrogens (tertiary/aromatic N) is 1. The number of hydrogen-bond acceptors (Lipinski definition) is 6. The first-order valence-corrected chi connectivity index (χ1v) is 12.0. The number of ether oxygens (including phenoxy) is 4. The Morgan fingerprint density at radius 1 is 0.971 bits per heavy atom. The van der Waals surface area contributed by atoms with Crippen molar-refractivity contribution in [1.82, 2.24) is 5.32 Å². The third-order valence-corrected chi connectivity index (χ3v) is 6.91. The molecule has 0 radical (unpaired) electrons. The zero-order valence-corrected chi connectivity index (χ0v) is 21.7. The van der Waals surface area contributed by atoms with Crippen molar-refractivity contribution in [2.24, 2.45) is 5.92 Å². The van der Waals surface area contributed by atoms with Gasteiger partial charge in [0.2, 0.25) is 6.41 Å². The van der Waals surface area contributed by atoms with Crippen molar-refractivity contribution in [2.45, 2.75) is 57.4 Å². The van der Waals surface area contributed by atoms with E-state index in [1.54, 1.807) is 28.4 Å². The molecular weight excluding hydrogens is 444 g/mol. The van der Waals surface area contributed by atoms with Crippen LogP contribution in [-0.4, -0.2) is 40.9 Å². The third kappa shape index (κ3) is 6.60. The molecule has 3 unspecified atom stereocenters. The number of nitrogens with one attached hydrogen (secondary N) is 1. The van der Waals surface area contributed by atoms with Crippen molar-refractivity contribution in [1.29, 1.82) is 5.26 Å². The van der Waals surface area contributed by atoms with Crippen LogP contribution in [0.2, 0.25) is 0 Å². The number of benzene rings is 2. The Morgan fingerprint density at radius 2 is 1.57 bits per heavy atom. The molecule has 0 saturated heterocycles. The smallest absolute Gasteiger partial charge is 0.207 e. The van der Waals surface area contributed by atoms with Gasteiger partial charge in [0.25, 0.3) is 0 Å². The molecule has 7 heteroatoms. The average molecular weight is 483 g/mol. The van der Waals surface area contributed by atoms with Gasteiger partial charge in [-0.3, -0.25) is 4.79 Å². The van der Waals surface area contributed by atoms with Crippen LogP contribution in [0.1, 0.15) is 50.7 Å². The van der Waals surface area contributed by atoms with E-state index in [0.717, 1.165) is 36.8 Å². The van der Waals surface area contributed by atoms with Gasteiger partial charge in [-0.25, -0.2) is 0 Å². The predicted molar refractivity (Wildman–Crippen MR) is 136 cm³/mol. The summed E-state index contributed by atoms with van der Waals surface area (Å²) in [5.74, 6) is 2.70. The fourth-order valence-electron chi connectivity index (χ4n) is 4.63. The van der Waals surface area contributed by atoms with Crippen molar-refractivity contribution in [3.8, 4) is 29.1 Å². The summed E-state index contributed by atoms with van der Waals surface area (Å²) in [6.07, 6.45) is 4.43. The van der Waals surface area contributed by atoms with Crippen LogP contribution in [-0.2, 0) is 16.6 Å². The van der Waals surface area contributed by atoms with E-state index in [-0.39, 0.29) is 12.0 Å². The van der Waals surface area contributed by atoms with Crippen LogP contribution in [0.4, 0.5) is 0 Å². The maximum atomic E-state index is 11.3. The Kier molecular flexibility index (Phi) is 10.7. The second-order valence-electron chi connectivity index (χ2n) is 8.73. The molecule has 2 aromatic carbocycles. The summed E-state index contributed by atoms with van der Waals surface area (Å²) in [5, 5.41) is 13.4. The van der Waals surface area contributed by atoms with Gasteiger partial charge in [0, 0.05) is 6.04 Å². The molecule has 1 N–H and O–H groups in total. The van der Waals surface area contributed by atoms with Gasteiger partial charge >= 0.3 is 0 Å². The lowest BCUT2D eigenvalue weighted by molar-refractivity contribution is -0.110. The Bertz CT molecular complexity index is 1000. The number of rotatable bonds is 15. The molecule has 0 saturated carbocycles. The highest BCUT2D eigenvalue weighted by atomic mass is 16.5. The molecule has 0 aromatic heterocycles. The second kappa shape index (κ2) is 13.5. The van der Waals surface area contributed by atoms with Crippen LogP contribution in [0.3, 0.4) is 0 Å². The highest BCUT2D eigenvalue weighted by Crippen LogP contribution is 2.42. The van der Waals surface area contributed by atoms with E-state index in [2.05, 4.69) is 25.2 Å². The quantitative estimate of drug-likeness (QED) is 0.357. The lowest BCUT2D eigenvalue weighted by atomic mass is 9.67. The van der Waals surface area contributed by atoms with Crippen LogP contribution in [0, 0.1) is 17.2 Å². The second-order valence-corrected chi connectivity index (χ2v) is 8.73. The molecule has 0 bridgehead atoms. The van der Waals surface area contributed by atoms with E-state index >= 15 is 0 Å². The number of nitriles is 1. The number of amides is 1. The highest BCUT2D eigenvalue weighted by Gasteiger charge is 2.38. The van der Waals surface area contributed by atoms with E-state index in [1.807, 2.05) is 36.4 Å². The Balaban J connectivity index is 2.23. The maximum Gasteiger partial charge on any atom is 0.207 e. The molecular formula is C28H38N2O5. The molecule has 0 fully saturated rings. The molecule has 0 aliphatic rings. The van der Waals surface area contributed by atoms with Gasteiger partial charge < -0.3 is 24.3 Å². The highest BCUT2D eigenvalue weighted by molar-refractivity contribution is 5.48. The van der Waals surface area contributed by atoms with E-state index in [9.17, 15) is 10.1 Å². The molecule has 7 nitrogen and oxygen atoms in total. The summed E-state index contributed by atoms with van der Waals surface area (Å²) in [4.78, 5) is 11.3. The standard InChI is InChI=1S/C28H38N2O5/c1-7-20(2)28(18-29,22-11-13-25(33-4)27(17-22)35-6)14-8-9-23(30-19-31)15-21-10-12-24(32-3)26(16-21)34-5/h10-13,16-17,19-20,23H,7-9,14-15H2,1-6H3,(H,30,31). The van der Waals surface area contributed by atoms with Crippen molar-refractivity contribution in [2.75, 3.05) is 28.4 Å². The Hall–Kier alpha value is -3.40. The summed E-state index contributed by atoms with van der Waals surface area (Å²) in [6, 6.07) is 14.1. The number of methoxy groups -OCH3 is 4. The van der Waals surface area contributed by atoms with Gasteiger partial charge in [0.05, 0.1) is 39.9 Å². The molecule has 0 aliphatic carbocycles. The molecule has 35 heavy (non-hydrogen) atoms. The van der Waals surface area contributed by atoms with Crippen LogP contribution in [0.15, 0.2) is 36.4 Å². The monoisotopic (exact) mass is 482 g/mol. The minimum atomic E-state index is -0.677. The van der Waals surface area contributed by atoms with E-state index in [4.69, 9.17) is 18.9 Å². The lowest BCUT2D eigenvalue weighted by Gasteiger charge is -2.34. The first kappa shape index (κ1) is 27.8. The molecule has 0 heterocycles. The van der Waals surface area contributed by atoms with Gasteiger partial charge in [-0.1, -0.05) is 32.4 Å². The zero-order valence-electron chi connectivity index (χ0n) is 21.7. The minimum absolute atomic E-state index is 0.0654. The molecule has 2 aromatic rings. The number of carbonyl (C=O) groups is 1. The topological polar surface area (TPSA) is 89.8 Å². The summed E-state index contributed by atoms with van der Waals surface area (Å²) in [7, 11) is 6.41. The first-order chi connectivity index (χ1) is 16.9. The number of hydrogen-bond donors (Lipinski definition) is 1. The number of carbonyl (C=O) groups excluding carboxylic acids is 1. The fraction of sp³-hybridized carbons (Fsp3) is 0.500. The molecule has 2 rings (SSSR count). The third-order valence-electron chi connectivity index (χ3n) is 6.91. The van der Waals surface area contributed by atoms with Gasteiger partial charge in [0.15, 0.2) is 23.0 Å². The fourth-order valence-corrected chi connectivity index (χ4v) is 4.63. The maximum absolute atomic E-state index is 11.3. The molecule has 0 spiro atoms. The van der Waals surface area contributed by atoms with Gasteiger partial charge in [-0.2, -0.15) is 5.26 Å². The van der Waals surface area contributed by atoms with E-state index in [1.165, 1.54) is 0 Å². The lowest BCUT2D eigenvalue weighted by Crippen LogP contribution is -2.34. The van der Waals surface area contributed by atoms with Gasteiger partial charge in [0.1, 0.15) is 0 Å². The SMILES string of the molecule is CCC(C)C(C#N)(CCCC(Cc1ccc(OC)c(OC)c1)NC=O)c1ccc(OC)c(OC)c1. The summed E-state index contributed by atoms with van der Waals surface area (Å²) in [5.41, 5.74) is 1.28. The Morgan fingerprint density at radius 3 is 2.11 bits per heavy atom. The predicted octanol–water partition coefficient (Wildman–Crippen LogP) is 5.06. The average Bonchev–Trinajstić information content (AvgIpc) is 2.90. The van der Waals surface area contributed by atoms with E-state index < -0.39 is 5.41 Å². The summed E-state index contributed by atoms with van der Waals surface area (Å²) >= 11 is 0. The summed E-state index contributed by atoms with van der Waals surface area (Å²) < 4.78 is 21.6. The van der Waals surface area contributed by atoms with Crippen molar-refractivity contribution >= 4 is 6.41 Å². The Labute approximate surface area is 209 Å². The van der Waals surface area contributed by atoms with Crippen LogP contribution in [0.25, 0.3) is 0 Å². The van der Waals surface area contributed by atoms with Crippen molar-refractivity contribution < 1.29 is 23.7 Å².